The fourth-order valence-electron chi connectivity index (χ4n) is 1.60. The Kier molecular flexibility index (Phi) is 3.94. The van der Waals surface area contributed by atoms with Crippen LogP contribution >= 0.6 is 0 Å². The second kappa shape index (κ2) is 4.92. The van der Waals surface area contributed by atoms with Gasteiger partial charge in [-0.2, -0.15) is 0 Å². The van der Waals surface area contributed by atoms with Gasteiger partial charge in [-0.1, -0.05) is 13.8 Å². The number of hydrogen-bond acceptors (Lipinski definition) is 4. The summed E-state index contributed by atoms with van der Waals surface area (Å²) in [5.74, 6) is -0.00699. The number of ether oxygens (including phenoxy) is 1. The van der Waals surface area contributed by atoms with E-state index in [2.05, 4.69) is 15.0 Å². The predicted octanol–water partition coefficient (Wildman–Crippen LogP) is 1.44. The number of amidine groups is 1. The molecule has 0 aliphatic carbocycles. The Balaban J connectivity index is 3.15. The molecule has 18 heavy (non-hydrogen) atoms. The largest absolute Gasteiger partial charge is 0.466 e. The molecule has 1 amide bonds. The van der Waals surface area contributed by atoms with Crippen molar-refractivity contribution in [3.05, 3.63) is 11.1 Å². The van der Waals surface area contributed by atoms with Crippen molar-refractivity contribution in [3.8, 4) is 0 Å². The fourth-order valence-corrected chi connectivity index (χ4v) is 1.60. The second-order valence-electron chi connectivity index (χ2n) is 4.96. The van der Waals surface area contributed by atoms with Crippen LogP contribution in [0.2, 0.25) is 0 Å². The molecule has 0 radical (unpaired) electrons. The molecule has 0 saturated heterocycles. The Morgan fingerprint density at radius 1 is 1.39 bits per heavy atom. The number of methoxy groups -OCH3 is 1. The molecule has 0 saturated carbocycles. The topological polar surface area (TPSA) is 67.8 Å². The summed E-state index contributed by atoms with van der Waals surface area (Å²) < 4.78 is 4.65. The first-order chi connectivity index (χ1) is 8.24. The molecular weight excluding hydrogens is 232 g/mol. The van der Waals surface area contributed by atoms with Crippen LogP contribution in [0.1, 0.15) is 34.6 Å². The summed E-state index contributed by atoms with van der Waals surface area (Å²) in [4.78, 5) is 27.8. The molecule has 5 heteroatoms. The summed E-state index contributed by atoms with van der Waals surface area (Å²) >= 11 is 0. The van der Waals surface area contributed by atoms with E-state index in [4.69, 9.17) is 0 Å². The van der Waals surface area contributed by atoms with Crippen LogP contribution in [-0.2, 0) is 14.3 Å². The van der Waals surface area contributed by atoms with Crippen LogP contribution in [0.4, 0.5) is 0 Å². The minimum Gasteiger partial charge on any atom is -0.466 e. The Morgan fingerprint density at radius 2 is 1.94 bits per heavy atom. The molecule has 1 rings (SSSR count). The first-order valence-corrected chi connectivity index (χ1v) is 5.91. The molecular formula is C13H20N2O3. The van der Waals surface area contributed by atoms with Gasteiger partial charge in [0.05, 0.1) is 7.11 Å². The molecule has 1 aliphatic rings. The van der Waals surface area contributed by atoms with Crippen LogP contribution in [0.25, 0.3) is 0 Å². The van der Waals surface area contributed by atoms with Gasteiger partial charge in [0.2, 0.25) is 0 Å². The lowest BCUT2D eigenvalue weighted by molar-refractivity contribution is -0.136. The van der Waals surface area contributed by atoms with Crippen LogP contribution in [0.3, 0.4) is 0 Å². The van der Waals surface area contributed by atoms with Crippen molar-refractivity contribution < 1.29 is 14.3 Å². The summed E-state index contributed by atoms with van der Waals surface area (Å²) in [7, 11) is 1.33. The maximum atomic E-state index is 11.9. The predicted molar refractivity (Wildman–Crippen MR) is 69.2 cm³/mol. The van der Waals surface area contributed by atoms with E-state index in [1.165, 1.54) is 7.11 Å². The lowest BCUT2D eigenvalue weighted by atomic mass is 9.89. The van der Waals surface area contributed by atoms with Gasteiger partial charge in [0.1, 0.15) is 11.4 Å². The van der Waals surface area contributed by atoms with Crippen LogP contribution in [0.5, 0.6) is 0 Å². The third-order valence-corrected chi connectivity index (χ3v) is 3.57. The molecule has 0 aromatic carbocycles. The zero-order valence-electron chi connectivity index (χ0n) is 11.7. The summed E-state index contributed by atoms with van der Waals surface area (Å²) in [5.41, 5.74) is 0.316. The molecule has 100 valence electrons. The lowest BCUT2D eigenvalue weighted by Crippen LogP contribution is -2.41. The van der Waals surface area contributed by atoms with Crippen LogP contribution in [-0.4, -0.2) is 30.4 Å². The van der Waals surface area contributed by atoms with Gasteiger partial charge in [0.25, 0.3) is 5.91 Å². The van der Waals surface area contributed by atoms with Crippen molar-refractivity contribution in [2.24, 2.45) is 10.9 Å². The zero-order valence-corrected chi connectivity index (χ0v) is 11.7. The number of hydrogen-bond donors (Lipinski definition) is 1. The quantitative estimate of drug-likeness (QED) is 0.610. The highest BCUT2D eigenvalue weighted by Crippen LogP contribution is 2.27. The van der Waals surface area contributed by atoms with Crippen molar-refractivity contribution in [2.45, 2.75) is 40.2 Å². The Labute approximate surface area is 107 Å². The average molecular weight is 252 g/mol. The molecule has 1 N–H and O–H groups in total. The molecule has 0 bridgehead atoms. The van der Waals surface area contributed by atoms with Crippen LogP contribution in [0.15, 0.2) is 16.1 Å². The summed E-state index contributed by atoms with van der Waals surface area (Å²) in [6, 6.07) is 0. The van der Waals surface area contributed by atoms with E-state index in [9.17, 15) is 9.59 Å². The first kappa shape index (κ1) is 14.4. The van der Waals surface area contributed by atoms with E-state index in [1.54, 1.807) is 20.8 Å². The van der Waals surface area contributed by atoms with Gasteiger partial charge in [0.15, 0.2) is 0 Å². The number of amides is 1. The number of esters is 1. The molecule has 5 nitrogen and oxygen atoms in total. The average Bonchev–Trinajstić information content (AvgIpc) is 2.64. The number of rotatable bonds is 3. The monoisotopic (exact) mass is 252 g/mol. The van der Waals surface area contributed by atoms with Crippen molar-refractivity contribution >= 4 is 17.7 Å². The fraction of sp³-hybridized carbons (Fsp3) is 0.615. The van der Waals surface area contributed by atoms with E-state index >= 15 is 0 Å². The number of aliphatic imine (C=N–C) groups is 1. The van der Waals surface area contributed by atoms with Gasteiger partial charge in [-0.25, -0.2) is 4.79 Å². The summed E-state index contributed by atoms with van der Waals surface area (Å²) in [6.45, 7) is 9.08. The number of nitrogens with zero attached hydrogens (tertiary/aromatic N) is 1. The highest BCUT2D eigenvalue weighted by Gasteiger charge is 2.42. The number of carbonyl (C=O) groups excluding carboxylic acids is 2. The molecule has 0 aromatic rings. The van der Waals surface area contributed by atoms with Crippen molar-refractivity contribution in [2.75, 3.05) is 7.11 Å². The molecule has 1 heterocycles. The Morgan fingerprint density at radius 3 is 2.33 bits per heavy atom. The zero-order chi connectivity index (χ0) is 14.1. The lowest BCUT2D eigenvalue weighted by Gasteiger charge is -2.21. The standard InChI is InChI=1S/C13H20N2O3/c1-7(2)13(5)12(17)14-10(15-13)8(3)9(4)11(16)18-6/h7H,1-6H3,(H,14,15,17)/b9-8+. The maximum Gasteiger partial charge on any atom is 0.333 e. The summed E-state index contributed by atoms with van der Waals surface area (Å²) in [5, 5.41) is 2.73. The minimum atomic E-state index is -0.771. The third-order valence-electron chi connectivity index (χ3n) is 3.57. The summed E-state index contributed by atoms with van der Waals surface area (Å²) in [6.07, 6.45) is 0. The molecule has 1 atom stereocenters. The van der Waals surface area contributed by atoms with Gasteiger partial charge in [0, 0.05) is 11.1 Å². The normalized spacial score (nSPS) is 24.6. The maximum absolute atomic E-state index is 11.9. The van der Waals surface area contributed by atoms with Gasteiger partial charge < -0.3 is 10.1 Å². The van der Waals surface area contributed by atoms with E-state index in [0.717, 1.165) is 0 Å². The van der Waals surface area contributed by atoms with E-state index < -0.39 is 11.5 Å². The van der Waals surface area contributed by atoms with Gasteiger partial charge in [-0.15, -0.1) is 0 Å². The van der Waals surface area contributed by atoms with E-state index in [-0.39, 0.29) is 11.8 Å². The second-order valence-corrected chi connectivity index (χ2v) is 4.96. The van der Waals surface area contributed by atoms with Crippen LogP contribution in [0, 0.1) is 5.92 Å². The minimum absolute atomic E-state index is 0.0845. The molecule has 1 unspecified atom stereocenters. The van der Waals surface area contributed by atoms with Crippen molar-refractivity contribution in [3.63, 3.8) is 0 Å². The Bertz CT molecular complexity index is 449. The van der Waals surface area contributed by atoms with Gasteiger partial charge in [-0.3, -0.25) is 9.79 Å². The smallest absolute Gasteiger partial charge is 0.333 e. The highest BCUT2D eigenvalue weighted by atomic mass is 16.5. The van der Waals surface area contributed by atoms with E-state index in [1.807, 2.05) is 13.8 Å². The Hall–Kier alpha value is -1.65. The molecule has 0 fully saturated rings. The number of nitrogens with one attached hydrogen (secondary N) is 1. The van der Waals surface area contributed by atoms with Gasteiger partial charge >= 0.3 is 5.97 Å². The first-order valence-electron chi connectivity index (χ1n) is 5.91. The van der Waals surface area contributed by atoms with Gasteiger partial charge in [-0.05, 0) is 26.7 Å². The molecule has 0 aromatic heterocycles. The third kappa shape index (κ3) is 2.30. The van der Waals surface area contributed by atoms with Crippen molar-refractivity contribution in [1.82, 2.24) is 5.32 Å². The highest BCUT2D eigenvalue weighted by molar-refractivity contribution is 6.17. The van der Waals surface area contributed by atoms with Crippen LogP contribution < -0.4 is 5.32 Å². The van der Waals surface area contributed by atoms with E-state index in [0.29, 0.717) is 17.0 Å². The number of carbonyl (C=O) groups is 2. The molecule has 0 spiro atoms. The molecule has 1 aliphatic heterocycles. The SMILES string of the molecule is COC(=O)/C(C)=C(\C)C1=NC(C)(C(C)C)C(=O)N1. The van der Waals surface area contributed by atoms with Crippen molar-refractivity contribution in [1.29, 1.82) is 0 Å².